The van der Waals surface area contributed by atoms with Crippen LogP contribution in [-0.4, -0.2) is 43.0 Å². The van der Waals surface area contributed by atoms with Crippen LogP contribution in [0.25, 0.3) is 0 Å². The Balaban J connectivity index is 2.71. The average molecular weight is 222 g/mol. The van der Waals surface area contributed by atoms with Crippen LogP contribution in [0, 0.1) is 0 Å². The van der Waals surface area contributed by atoms with E-state index < -0.39 is 0 Å². The van der Waals surface area contributed by atoms with E-state index in [0.717, 1.165) is 5.56 Å². The van der Waals surface area contributed by atoms with Gasteiger partial charge in [-0.25, -0.2) is 0 Å². The van der Waals surface area contributed by atoms with Gasteiger partial charge in [0.15, 0.2) is 0 Å². The first-order chi connectivity index (χ1) is 7.69. The van der Waals surface area contributed by atoms with Crippen LogP contribution in [-0.2, 0) is 4.79 Å². The van der Waals surface area contributed by atoms with E-state index in [1.165, 1.54) is 0 Å². The van der Waals surface area contributed by atoms with Crippen molar-refractivity contribution < 1.29 is 4.79 Å². The highest BCUT2D eigenvalue weighted by Crippen LogP contribution is 2.16. The minimum absolute atomic E-state index is 0.0194. The number of hydrogen-bond donors (Lipinski definition) is 2. The lowest BCUT2D eigenvalue weighted by atomic mass is 10.1. The maximum absolute atomic E-state index is 11.3. The molecule has 0 radical (unpaired) electrons. The molecule has 1 amide bonds. The second-order valence-electron chi connectivity index (χ2n) is 3.63. The molecule has 0 spiro atoms. The van der Waals surface area contributed by atoms with Crippen molar-refractivity contribution in [3.05, 3.63) is 30.1 Å². The fourth-order valence-electron chi connectivity index (χ4n) is 1.56. The first kappa shape index (κ1) is 12.6. The van der Waals surface area contributed by atoms with E-state index in [2.05, 4.69) is 10.3 Å². The Kier molecular flexibility index (Phi) is 4.88. The first-order valence-electron chi connectivity index (χ1n) is 5.19. The number of rotatable bonds is 5. The molecule has 5 heteroatoms. The van der Waals surface area contributed by atoms with Crippen LogP contribution >= 0.6 is 0 Å². The van der Waals surface area contributed by atoms with Gasteiger partial charge < -0.3 is 11.1 Å². The van der Waals surface area contributed by atoms with E-state index in [1.807, 2.05) is 24.1 Å². The molecule has 5 nitrogen and oxygen atoms in total. The molecule has 0 aromatic carbocycles. The van der Waals surface area contributed by atoms with Crippen molar-refractivity contribution in [3.8, 4) is 0 Å². The molecule has 0 saturated carbocycles. The lowest BCUT2D eigenvalue weighted by Crippen LogP contribution is -2.38. The van der Waals surface area contributed by atoms with E-state index in [0.29, 0.717) is 13.1 Å². The standard InChI is InChI=1S/C11H18N4O/c1-13-11(16)8-15(2)10(6-12)9-4-3-5-14-7-9/h3-5,7,10H,6,8,12H2,1-2H3,(H,13,16). The Morgan fingerprint density at radius 2 is 2.44 bits per heavy atom. The maximum atomic E-state index is 11.3. The van der Waals surface area contributed by atoms with Crippen molar-refractivity contribution in [2.75, 3.05) is 27.2 Å². The number of amides is 1. The van der Waals surface area contributed by atoms with Gasteiger partial charge in [0.2, 0.25) is 5.91 Å². The first-order valence-corrected chi connectivity index (χ1v) is 5.19. The van der Waals surface area contributed by atoms with E-state index in [4.69, 9.17) is 5.73 Å². The van der Waals surface area contributed by atoms with E-state index in [-0.39, 0.29) is 11.9 Å². The SMILES string of the molecule is CNC(=O)CN(C)C(CN)c1cccnc1. The molecular weight excluding hydrogens is 204 g/mol. The summed E-state index contributed by atoms with van der Waals surface area (Å²) in [5.74, 6) is -0.0233. The van der Waals surface area contributed by atoms with Crippen LogP contribution in [0.3, 0.4) is 0 Å². The largest absolute Gasteiger partial charge is 0.358 e. The quantitative estimate of drug-likeness (QED) is 0.721. The Bertz CT molecular complexity index is 328. The number of aromatic nitrogens is 1. The van der Waals surface area contributed by atoms with Crippen LogP contribution < -0.4 is 11.1 Å². The summed E-state index contributed by atoms with van der Waals surface area (Å²) >= 11 is 0. The van der Waals surface area contributed by atoms with Gasteiger partial charge in [-0.1, -0.05) is 6.07 Å². The number of nitrogens with one attached hydrogen (secondary N) is 1. The topological polar surface area (TPSA) is 71.2 Å². The van der Waals surface area contributed by atoms with Gasteiger partial charge in [0, 0.05) is 32.0 Å². The molecule has 0 bridgehead atoms. The maximum Gasteiger partial charge on any atom is 0.233 e. The number of nitrogens with zero attached hydrogens (tertiary/aromatic N) is 2. The zero-order valence-electron chi connectivity index (χ0n) is 9.68. The highest BCUT2D eigenvalue weighted by molar-refractivity contribution is 5.77. The number of pyridine rings is 1. The fraction of sp³-hybridized carbons (Fsp3) is 0.455. The predicted octanol–water partition coefficient (Wildman–Crippen LogP) is -0.241. The summed E-state index contributed by atoms with van der Waals surface area (Å²) in [6.07, 6.45) is 3.49. The summed E-state index contributed by atoms with van der Waals surface area (Å²) < 4.78 is 0. The van der Waals surface area contributed by atoms with Crippen molar-refractivity contribution in [3.63, 3.8) is 0 Å². The summed E-state index contributed by atoms with van der Waals surface area (Å²) in [6, 6.07) is 3.85. The molecule has 16 heavy (non-hydrogen) atoms. The molecule has 1 aromatic heterocycles. The van der Waals surface area contributed by atoms with E-state index in [9.17, 15) is 4.79 Å². The zero-order chi connectivity index (χ0) is 12.0. The summed E-state index contributed by atoms with van der Waals surface area (Å²) in [6.45, 7) is 0.784. The number of likely N-dealkylation sites (N-methyl/N-ethyl adjacent to an activating group) is 2. The van der Waals surface area contributed by atoms with Gasteiger partial charge >= 0.3 is 0 Å². The van der Waals surface area contributed by atoms with Crippen LogP contribution in [0.5, 0.6) is 0 Å². The van der Waals surface area contributed by atoms with Crippen LogP contribution in [0.2, 0.25) is 0 Å². The average Bonchev–Trinajstić information content (AvgIpc) is 2.31. The Hall–Kier alpha value is -1.46. The van der Waals surface area contributed by atoms with Crippen molar-refractivity contribution in [1.82, 2.24) is 15.2 Å². The minimum atomic E-state index is -0.0233. The lowest BCUT2D eigenvalue weighted by Gasteiger charge is -2.26. The molecule has 1 aromatic rings. The van der Waals surface area contributed by atoms with Gasteiger partial charge in [-0.05, 0) is 18.7 Å². The third-order valence-corrected chi connectivity index (χ3v) is 2.50. The third kappa shape index (κ3) is 3.29. The predicted molar refractivity (Wildman–Crippen MR) is 62.7 cm³/mol. The number of hydrogen-bond acceptors (Lipinski definition) is 4. The summed E-state index contributed by atoms with van der Waals surface area (Å²) in [5.41, 5.74) is 6.75. The van der Waals surface area contributed by atoms with Gasteiger partial charge in [0.1, 0.15) is 0 Å². The smallest absolute Gasteiger partial charge is 0.233 e. The van der Waals surface area contributed by atoms with Crippen molar-refractivity contribution in [2.24, 2.45) is 5.73 Å². The van der Waals surface area contributed by atoms with Crippen LogP contribution in [0.15, 0.2) is 24.5 Å². The molecule has 0 saturated heterocycles. The van der Waals surface area contributed by atoms with Gasteiger partial charge in [-0.3, -0.25) is 14.7 Å². The second-order valence-corrected chi connectivity index (χ2v) is 3.63. The van der Waals surface area contributed by atoms with Crippen LogP contribution in [0.4, 0.5) is 0 Å². The van der Waals surface area contributed by atoms with Crippen molar-refractivity contribution in [1.29, 1.82) is 0 Å². The third-order valence-electron chi connectivity index (χ3n) is 2.50. The summed E-state index contributed by atoms with van der Waals surface area (Å²) in [4.78, 5) is 17.2. The Morgan fingerprint density at radius 3 is 2.94 bits per heavy atom. The normalized spacial score (nSPS) is 12.5. The molecule has 1 atom stereocenters. The Labute approximate surface area is 95.7 Å². The highest BCUT2D eigenvalue weighted by atomic mass is 16.1. The molecule has 0 fully saturated rings. The molecular formula is C11H18N4O. The number of carbonyl (C=O) groups excluding carboxylic acids is 1. The second kappa shape index (κ2) is 6.19. The molecule has 3 N–H and O–H groups in total. The summed E-state index contributed by atoms with van der Waals surface area (Å²) in [7, 11) is 3.50. The van der Waals surface area contributed by atoms with E-state index in [1.54, 1.807) is 19.4 Å². The molecule has 1 rings (SSSR count). The Morgan fingerprint density at radius 1 is 1.69 bits per heavy atom. The molecule has 1 heterocycles. The minimum Gasteiger partial charge on any atom is -0.358 e. The molecule has 0 aliphatic rings. The van der Waals surface area contributed by atoms with Gasteiger partial charge in [0.05, 0.1) is 6.54 Å². The lowest BCUT2D eigenvalue weighted by molar-refractivity contribution is -0.121. The van der Waals surface area contributed by atoms with Gasteiger partial charge in [-0.2, -0.15) is 0 Å². The van der Waals surface area contributed by atoms with Gasteiger partial charge in [-0.15, -0.1) is 0 Å². The van der Waals surface area contributed by atoms with E-state index >= 15 is 0 Å². The fourth-order valence-corrected chi connectivity index (χ4v) is 1.56. The number of carbonyl (C=O) groups is 1. The molecule has 0 aliphatic carbocycles. The number of nitrogens with two attached hydrogens (primary N) is 1. The molecule has 0 aliphatic heterocycles. The highest BCUT2D eigenvalue weighted by Gasteiger charge is 2.17. The van der Waals surface area contributed by atoms with Crippen molar-refractivity contribution >= 4 is 5.91 Å². The summed E-state index contributed by atoms with van der Waals surface area (Å²) in [5, 5.41) is 2.59. The van der Waals surface area contributed by atoms with Gasteiger partial charge in [0.25, 0.3) is 0 Å². The monoisotopic (exact) mass is 222 g/mol. The molecule has 1 unspecified atom stereocenters. The van der Waals surface area contributed by atoms with Crippen LogP contribution in [0.1, 0.15) is 11.6 Å². The molecule has 88 valence electrons. The van der Waals surface area contributed by atoms with Crippen molar-refractivity contribution in [2.45, 2.75) is 6.04 Å². The zero-order valence-corrected chi connectivity index (χ0v) is 9.68.